The molecule has 1 aliphatic rings. The average molecular weight is 329 g/mol. The Kier molecular flexibility index (Phi) is 4.10. The van der Waals surface area contributed by atoms with Crippen molar-refractivity contribution in [2.75, 3.05) is 31.6 Å². The van der Waals surface area contributed by atoms with Crippen LogP contribution in [0.2, 0.25) is 0 Å². The van der Waals surface area contributed by atoms with Crippen LogP contribution in [0.3, 0.4) is 0 Å². The minimum absolute atomic E-state index is 0.135. The highest BCUT2D eigenvalue weighted by Crippen LogP contribution is 2.31. The van der Waals surface area contributed by atoms with Gasteiger partial charge >= 0.3 is 0 Å². The number of nitrogens with one attached hydrogen (secondary N) is 1. The average Bonchev–Trinajstić information content (AvgIpc) is 2.33. The molecule has 0 spiro atoms. The first-order valence-corrected chi connectivity index (χ1v) is 6.98. The molecule has 104 valence electrons. The third-order valence-corrected chi connectivity index (χ3v) is 4.27. The fraction of sp³-hybridized carbons (Fsp3) is 0.462. The van der Waals surface area contributed by atoms with Crippen LogP contribution in [0.25, 0.3) is 0 Å². The van der Waals surface area contributed by atoms with E-state index in [1.54, 1.807) is 12.1 Å². The van der Waals surface area contributed by atoms with Gasteiger partial charge in [0.05, 0.1) is 10.2 Å². The van der Waals surface area contributed by atoms with Gasteiger partial charge in [-0.15, -0.1) is 0 Å². The smallest absolute Gasteiger partial charge is 0.161 e. The Morgan fingerprint density at radius 1 is 1.47 bits per heavy atom. The van der Waals surface area contributed by atoms with E-state index in [9.17, 15) is 4.39 Å². The number of rotatable bonds is 2. The second kappa shape index (κ2) is 5.46. The summed E-state index contributed by atoms with van der Waals surface area (Å²) in [6, 6.07) is 3.65. The molecule has 1 aromatic rings. The van der Waals surface area contributed by atoms with Gasteiger partial charge in [0.25, 0.3) is 0 Å². The minimum atomic E-state index is -0.343. The maximum atomic E-state index is 14.4. The third-order valence-electron chi connectivity index (χ3n) is 3.49. The van der Waals surface area contributed by atoms with E-state index in [1.807, 2.05) is 0 Å². The Hall–Kier alpha value is -1.14. The van der Waals surface area contributed by atoms with Crippen LogP contribution >= 0.6 is 15.9 Å². The summed E-state index contributed by atoms with van der Waals surface area (Å²) in [6.07, 6.45) is 0. The van der Waals surface area contributed by atoms with Gasteiger partial charge in [0.2, 0.25) is 0 Å². The predicted molar refractivity (Wildman–Crippen MR) is 79.4 cm³/mol. The highest BCUT2D eigenvalue weighted by Gasteiger charge is 2.25. The fourth-order valence-electron chi connectivity index (χ4n) is 2.47. The number of anilines is 1. The lowest BCUT2D eigenvalue weighted by Gasteiger charge is -2.40. The van der Waals surface area contributed by atoms with Gasteiger partial charge in [-0.1, -0.05) is 0 Å². The summed E-state index contributed by atoms with van der Waals surface area (Å²) < 4.78 is 14.7. The third kappa shape index (κ3) is 2.74. The van der Waals surface area contributed by atoms with E-state index < -0.39 is 0 Å². The quantitative estimate of drug-likeness (QED) is 0.645. The molecule has 0 bridgehead atoms. The zero-order valence-corrected chi connectivity index (χ0v) is 12.7. The van der Waals surface area contributed by atoms with Crippen LogP contribution in [0.15, 0.2) is 16.6 Å². The standard InChI is InChI=1S/C13H18BrFN4/c1-8-7-18(2)5-6-19(8)10-4-3-9(13(16)17)11(14)12(10)15/h3-4,8H,5-7H2,1-2H3,(H3,16,17). The summed E-state index contributed by atoms with van der Waals surface area (Å²) >= 11 is 3.20. The first kappa shape index (κ1) is 14.3. The van der Waals surface area contributed by atoms with Crippen LogP contribution in [0, 0.1) is 11.2 Å². The summed E-state index contributed by atoms with van der Waals surface area (Å²) in [5, 5.41) is 7.41. The fourth-order valence-corrected chi connectivity index (χ4v) is 3.02. The normalized spacial score (nSPS) is 20.6. The van der Waals surface area contributed by atoms with Crippen molar-refractivity contribution in [3.63, 3.8) is 0 Å². The van der Waals surface area contributed by atoms with Crippen molar-refractivity contribution in [2.45, 2.75) is 13.0 Å². The maximum absolute atomic E-state index is 14.4. The van der Waals surface area contributed by atoms with Gasteiger partial charge in [-0.25, -0.2) is 4.39 Å². The molecule has 1 aliphatic heterocycles. The van der Waals surface area contributed by atoms with Gasteiger partial charge in [0.1, 0.15) is 5.84 Å². The number of halogens is 2. The van der Waals surface area contributed by atoms with Gasteiger partial charge in [0.15, 0.2) is 5.82 Å². The summed E-state index contributed by atoms with van der Waals surface area (Å²) in [5.74, 6) is -0.479. The minimum Gasteiger partial charge on any atom is -0.384 e. The van der Waals surface area contributed by atoms with Crippen molar-refractivity contribution in [3.05, 3.63) is 28.0 Å². The van der Waals surface area contributed by atoms with E-state index in [-0.39, 0.29) is 22.2 Å². The molecule has 3 N–H and O–H groups in total. The van der Waals surface area contributed by atoms with Crippen molar-refractivity contribution in [1.29, 1.82) is 5.41 Å². The number of hydrogen-bond acceptors (Lipinski definition) is 3. The molecule has 1 fully saturated rings. The van der Waals surface area contributed by atoms with Crippen molar-refractivity contribution in [3.8, 4) is 0 Å². The van der Waals surface area contributed by atoms with Crippen molar-refractivity contribution in [1.82, 2.24) is 4.90 Å². The van der Waals surface area contributed by atoms with Crippen LogP contribution in [-0.2, 0) is 0 Å². The Morgan fingerprint density at radius 2 is 2.16 bits per heavy atom. The molecule has 6 heteroatoms. The summed E-state index contributed by atoms with van der Waals surface area (Å²) in [4.78, 5) is 4.29. The Balaban J connectivity index is 2.36. The molecule has 0 radical (unpaired) electrons. The Bertz CT molecular complexity index is 506. The zero-order chi connectivity index (χ0) is 14.2. The first-order valence-electron chi connectivity index (χ1n) is 6.19. The molecule has 0 amide bonds. The lowest BCUT2D eigenvalue weighted by molar-refractivity contribution is 0.274. The topological polar surface area (TPSA) is 56.4 Å². The van der Waals surface area contributed by atoms with Crippen molar-refractivity contribution >= 4 is 27.5 Å². The molecule has 1 heterocycles. The maximum Gasteiger partial charge on any atom is 0.161 e. The summed E-state index contributed by atoms with van der Waals surface area (Å²) in [7, 11) is 2.07. The highest BCUT2D eigenvalue weighted by atomic mass is 79.9. The van der Waals surface area contributed by atoms with E-state index in [0.29, 0.717) is 11.3 Å². The molecule has 1 aromatic carbocycles. The molecular formula is C13H18BrFN4. The van der Waals surface area contributed by atoms with Crippen LogP contribution in [0.1, 0.15) is 12.5 Å². The SMILES string of the molecule is CC1CN(C)CCN1c1ccc(C(=N)N)c(Br)c1F. The monoisotopic (exact) mass is 328 g/mol. The van der Waals surface area contributed by atoms with Gasteiger partial charge in [-0.05, 0) is 42.0 Å². The number of benzene rings is 1. The molecule has 1 unspecified atom stereocenters. The summed E-state index contributed by atoms with van der Waals surface area (Å²) in [6.45, 7) is 4.70. The molecule has 1 saturated heterocycles. The molecule has 19 heavy (non-hydrogen) atoms. The second-order valence-electron chi connectivity index (χ2n) is 4.98. The molecule has 0 saturated carbocycles. The van der Waals surface area contributed by atoms with E-state index in [1.165, 1.54) is 0 Å². The van der Waals surface area contributed by atoms with Crippen molar-refractivity contribution < 1.29 is 4.39 Å². The number of likely N-dealkylation sites (N-methyl/N-ethyl adjacent to an activating group) is 1. The van der Waals surface area contributed by atoms with Gasteiger partial charge in [-0.3, -0.25) is 5.41 Å². The van der Waals surface area contributed by atoms with E-state index in [0.717, 1.165) is 19.6 Å². The number of piperazine rings is 1. The van der Waals surface area contributed by atoms with Gasteiger partial charge in [-0.2, -0.15) is 0 Å². The molecule has 0 aliphatic carbocycles. The molecule has 4 nitrogen and oxygen atoms in total. The van der Waals surface area contributed by atoms with E-state index in [2.05, 4.69) is 39.7 Å². The molecule has 0 aromatic heterocycles. The number of nitrogens with zero attached hydrogens (tertiary/aromatic N) is 2. The first-order chi connectivity index (χ1) is 8.91. The number of hydrogen-bond donors (Lipinski definition) is 2. The van der Waals surface area contributed by atoms with Gasteiger partial charge in [0, 0.05) is 31.2 Å². The Labute approximate surface area is 121 Å². The van der Waals surface area contributed by atoms with Crippen LogP contribution in [-0.4, -0.2) is 43.5 Å². The molecule has 2 rings (SSSR count). The van der Waals surface area contributed by atoms with Crippen molar-refractivity contribution in [2.24, 2.45) is 5.73 Å². The summed E-state index contributed by atoms with van der Waals surface area (Å²) in [5.41, 5.74) is 6.38. The van der Waals surface area contributed by atoms with Crippen LogP contribution in [0.4, 0.5) is 10.1 Å². The highest BCUT2D eigenvalue weighted by molar-refractivity contribution is 9.10. The number of nitrogens with two attached hydrogens (primary N) is 1. The largest absolute Gasteiger partial charge is 0.384 e. The number of amidine groups is 1. The van der Waals surface area contributed by atoms with Gasteiger partial charge < -0.3 is 15.5 Å². The van der Waals surface area contributed by atoms with Crippen LogP contribution in [0.5, 0.6) is 0 Å². The number of nitrogen functional groups attached to an aromatic ring is 1. The zero-order valence-electron chi connectivity index (χ0n) is 11.1. The lowest BCUT2D eigenvalue weighted by atomic mass is 10.1. The lowest BCUT2D eigenvalue weighted by Crippen LogP contribution is -2.50. The Morgan fingerprint density at radius 3 is 2.74 bits per heavy atom. The molecular weight excluding hydrogens is 311 g/mol. The predicted octanol–water partition coefficient (Wildman–Crippen LogP) is 2.01. The second-order valence-corrected chi connectivity index (χ2v) is 5.77. The van der Waals surface area contributed by atoms with E-state index >= 15 is 0 Å². The van der Waals surface area contributed by atoms with E-state index in [4.69, 9.17) is 11.1 Å². The van der Waals surface area contributed by atoms with Crippen LogP contribution < -0.4 is 10.6 Å². The molecule has 1 atom stereocenters.